The van der Waals surface area contributed by atoms with Gasteiger partial charge in [-0.15, -0.1) is 11.3 Å². The van der Waals surface area contributed by atoms with Gasteiger partial charge in [0, 0.05) is 30.7 Å². The van der Waals surface area contributed by atoms with Crippen molar-refractivity contribution in [2.75, 3.05) is 11.4 Å². The normalized spacial score (nSPS) is 22.1. The lowest BCUT2D eigenvalue weighted by molar-refractivity contribution is -0.137. The number of hydrogen-bond acceptors (Lipinski definition) is 7. The monoisotopic (exact) mass is 577 g/mol. The van der Waals surface area contributed by atoms with Gasteiger partial charge < -0.3 is 10.0 Å². The van der Waals surface area contributed by atoms with Crippen LogP contribution in [0.1, 0.15) is 48.8 Å². The molecule has 2 atom stereocenters. The summed E-state index contributed by atoms with van der Waals surface area (Å²) < 4.78 is 2.33. The molecule has 2 unspecified atom stereocenters. The Morgan fingerprint density at radius 3 is 2.67 bits per heavy atom. The number of nitrogens with zero attached hydrogens (tertiary/aromatic N) is 3. The fourth-order valence-electron chi connectivity index (χ4n) is 5.98. The Morgan fingerprint density at radius 1 is 1.15 bits per heavy atom. The number of rotatable bonds is 6. The molecule has 7 nitrogen and oxygen atoms in total. The van der Waals surface area contributed by atoms with E-state index in [9.17, 15) is 19.5 Å². The zero-order valence-corrected chi connectivity index (χ0v) is 23.8. The predicted molar refractivity (Wildman–Crippen MR) is 159 cm³/mol. The maximum atomic E-state index is 13.4. The largest absolute Gasteiger partial charge is 0.480 e. The Kier molecular flexibility index (Phi) is 6.95. The Hall–Kier alpha value is -3.21. The molecule has 0 spiro atoms. The summed E-state index contributed by atoms with van der Waals surface area (Å²) in [6, 6.07) is 17.3. The lowest BCUT2D eigenvalue weighted by Crippen LogP contribution is -2.35. The van der Waals surface area contributed by atoms with Crippen molar-refractivity contribution in [2.24, 2.45) is 0 Å². The molecule has 0 radical (unpaired) electrons. The highest BCUT2D eigenvalue weighted by Gasteiger charge is 2.41. The van der Waals surface area contributed by atoms with E-state index in [0.717, 1.165) is 41.6 Å². The fraction of sp³-hybridized carbons (Fsp3) is 0.310. The van der Waals surface area contributed by atoms with E-state index in [-0.39, 0.29) is 5.91 Å². The van der Waals surface area contributed by atoms with Crippen LogP contribution in [0.5, 0.6) is 0 Å². The average molecular weight is 578 g/mol. The van der Waals surface area contributed by atoms with Crippen LogP contribution in [-0.2, 0) is 22.7 Å². The van der Waals surface area contributed by atoms with Crippen LogP contribution in [0.2, 0.25) is 0 Å². The molecule has 3 aromatic rings. The van der Waals surface area contributed by atoms with Gasteiger partial charge in [0.2, 0.25) is 0 Å². The van der Waals surface area contributed by atoms with Crippen LogP contribution >= 0.6 is 35.3 Å². The number of carboxylic acids is 1. The molecule has 1 amide bonds. The summed E-state index contributed by atoms with van der Waals surface area (Å²) in [5.74, 6) is -0.969. The number of thioether (sulfide) groups is 1. The van der Waals surface area contributed by atoms with Gasteiger partial charge >= 0.3 is 5.97 Å². The van der Waals surface area contributed by atoms with Gasteiger partial charge in [0.25, 0.3) is 11.5 Å². The molecule has 6 rings (SSSR count). The number of carboxylic acid groups (broad SMARTS) is 1. The highest BCUT2D eigenvalue weighted by Crippen LogP contribution is 2.50. The summed E-state index contributed by atoms with van der Waals surface area (Å²) in [7, 11) is 0. The minimum absolute atomic E-state index is 0.289. The van der Waals surface area contributed by atoms with Crippen LogP contribution < -0.4 is 19.7 Å². The summed E-state index contributed by atoms with van der Waals surface area (Å²) in [5.41, 5.74) is 4.33. The molecule has 2 aliphatic heterocycles. The number of aromatic nitrogens is 1. The molecule has 0 bridgehead atoms. The lowest BCUT2D eigenvalue weighted by atomic mass is 9.96. The van der Waals surface area contributed by atoms with Crippen LogP contribution in [0.4, 0.5) is 5.69 Å². The molecular weight excluding hydrogens is 551 g/mol. The summed E-state index contributed by atoms with van der Waals surface area (Å²) in [4.78, 5) is 42.3. The van der Waals surface area contributed by atoms with E-state index in [2.05, 4.69) is 41.3 Å². The zero-order chi connectivity index (χ0) is 27.3. The number of anilines is 1. The van der Waals surface area contributed by atoms with Crippen molar-refractivity contribution >= 4 is 68.2 Å². The van der Waals surface area contributed by atoms with Crippen LogP contribution in [0.3, 0.4) is 0 Å². The van der Waals surface area contributed by atoms with Gasteiger partial charge in [0.15, 0.2) is 0 Å². The third-order valence-electron chi connectivity index (χ3n) is 7.69. The van der Waals surface area contributed by atoms with Crippen LogP contribution in [0, 0.1) is 0 Å². The summed E-state index contributed by atoms with van der Waals surface area (Å²) >= 11 is 7.61. The quantitative estimate of drug-likeness (QED) is 0.450. The number of benzene rings is 2. The smallest absolute Gasteiger partial charge is 0.323 e. The summed E-state index contributed by atoms with van der Waals surface area (Å²) in [6.45, 7) is 2.60. The third kappa shape index (κ3) is 4.64. The molecule has 3 heterocycles. The third-order valence-corrected chi connectivity index (χ3v) is 10.4. The Labute approximate surface area is 239 Å². The van der Waals surface area contributed by atoms with Gasteiger partial charge in [-0.1, -0.05) is 66.8 Å². The maximum absolute atomic E-state index is 13.4. The van der Waals surface area contributed by atoms with E-state index < -0.39 is 18.1 Å². The first-order valence-corrected chi connectivity index (χ1v) is 15.1. The first-order valence-electron chi connectivity index (χ1n) is 13.0. The lowest BCUT2D eigenvalue weighted by Gasteiger charge is -2.27. The molecule has 39 heavy (non-hydrogen) atoms. The standard InChI is InChI=1S/C29H27N3O4S3/c1-2-30-27(36)25(39-29(30)37)28-32(16-24(33)34)26(35)23(38-28)14-18-11-12-22-20(13-18)19-9-6-10-21(19)31(22)15-17-7-4-3-5-8-17/h3-5,7-8,11-14,19,21H,2,6,9-10,15-16H2,1H3,(H,33,34). The SMILES string of the molecule is CCN1C(=O)C(=c2sc(=Cc3ccc4c(c3)C3CCCC3N4Cc3ccccc3)c(=O)n2CC(=O)O)SC1=S. The second-order valence-electron chi connectivity index (χ2n) is 9.98. The van der Waals surface area contributed by atoms with E-state index in [1.165, 1.54) is 39.1 Å². The topological polar surface area (TPSA) is 82.9 Å². The number of thiazole rings is 1. The van der Waals surface area contributed by atoms with E-state index in [4.69, 9.17) is 12.2 Å². The number of aliphatic carboxylic acids is 1. The van der Waals surface area contributed by atoms with Crippen molar-refractivity contribution in [1.82, 2.24) is 9.47 Å². The van der Waals surface area contributed by atoms with E-state index in [1.54, 1.807) is 0 Å². The van der Waals surface area contributed by atoms with Crippen LogP contribution in [0.25, 0.3) is 11.0 Å². The van der Waals surface area contributed by atoms with Crippen molar-refractivity contribution in [3.8, 4) is 0 Å². The van der Waals surface area contributed by atoms with Crippen LogP contribution in [0.15, 0.2) is 53.3 Å². The molecule has 1 saturated carbocycles. The zero-order valence-electron chi connectivity index (χ0n) is 21.3. The first-order chi connectivity index (χ1) is 18.9. The van der Waals surface area contributed by atoms with Gasteiger partial charge in [-0.3, -0.25) is 23.9 Å². The van der Waals surface area contributed by atoms with Gasteiger partial charge in [0.05, 0.1) is 4.53 Å². The summed E-state index contributed by atoms with van der Waals surface area (Å²) in [6.07, 6.45) is 5.33. The minimum atomic E-state index is -1.14. The Balaban J connectivity index is 1.43. The molecular formula is C29H27N3O4S3. The highest BCUT2D eigenvalue weighted by molar-refractivity contribution is 8.30. The number of amides is 1. The van der Waals surface area contributed by atoms with Gasteiger partial charge in [0.1, 0.15) is 20.4 Å². The molecule has 1 saturated heterocycles. The average Bonchev–Trinajstić information content (AvgIpc) is 3.65. The van der Waals surface area contributed by atoms with Crippen molar-refractivity contribution in [1.29, 1.82) is 0 Å². The number of carbonyl (C=O) groups is 2. The van der Waals surface area contributed by atoms with Crippen molar-refractivity contribution in [3.05, 3.63) is 84.8 Å². The maximum Gasteiger partial charge on any atom is 0.323 e. The second-order valence-corrected chi connectivity index (χ2v) is 12.7. The van der Waals surface area contributed by atoms with Crippen molar-refractivity contribution < 1.29 is 14.7 Å². The summed E-state index contributed by atoms with van der Waals surface area (Å²) in [5, 5.41) is 9.49. The molecule has 1 aliphatic carbocycles. The molecule has 10 heteroatoms. The predicted octanol–water partition coefficient (Wildman–Crippen LogP) is 3.47. The molecule has 3 aliphatic rings. The van der Waals surface area contributed by atoms with Gasteiger partial charge in [-0.05, 0) is 54.7 Å². The van der Waals surface area contributed by atoms with Crippen molar-refractivity contribution in [2.45, 2.75) is 51.2 Å². The minimum Gasteiger partial charge on any atom is -0.480 e. The molecule has 200 valence electrons. The fourth-order valence-corrected chi connectivity index (χ4v) is 8.62. The van der Waals surface area contributed by atoms with Gasteiger partial charge in [-0.25, -0.2) is 0 Å². The van der Waals surface area contributed by atoms with E-state index in [1.807, 2.05) is 25.1 Å². The number of hydrogen-bond donors (Lipinski definition) is 1. The number of carbonyl (C=O) groups excluding carboxylic acids is 1. The molecule has 2 fully saturated rings. The molecule has 1 N–H and O–H groups in total. The van der Waals surface area contributed by atoms with Crippen molar-refractivity contribution in [3.63, 3.8) is 0 Å². The second kappa shape index (κ2) is 10.4. The van der Waals surface area contributed by atoms with E-state index >= 15 is 0 Å². The molecule has 2 aromatic carbocycles. The highest BCUT2D eigenvalue weighted by atomic mass is 32.2. The molecule has 1 aromatic heterocycles. The number of fused-ring (bicyclic) bond motifs is 3. The van der Waals surface area contributed by atoms with Crippen LogP contribution in [-0.4, -0.2) is 43.4 Å². The Bertz CT molecular complexity index is 1680. The van der Waals surface area contributed by atoms with E-state index in [0.29, 0.717) is 36.9 Å². The van der Waals surface area contributed by atoms with Gasteiger partial charge in [-0.2, -0.15) is 0 Å². The number of thiocarbonyl (C=S) groups is 1. The Morgan fingerprint density at radius 2 is 1.95 bits per heavy atom. The first kappa shape index (κ1) is 26.0.